The van der Waals surface area contributed by atoms with Gasteiger partial charge in [0.05, 0.1) is 17.3 Å². The number of hydrogen-bond donors (Lipinski definition) is 2. The number of rotatable bonds is 5. The highest BCUT2D eigenvalue weighted by atomic mass is 79.9. The summed E-state index contributed by atoms with van der Waals surface area (Å²) < 4.78 is 6.41. The van der Waals surface area contributed by atoms with Crippen LogP contribution in [0.1, 0.15) is 19.3 Å². The topological polar surface area (TPSA) is 76.3 Å². The van der Waals surface area contributed by atoms with Crippen molar-refractivity contribution in [3.63, 3.8) is 0 Å². The summed E-state index contributed by atoms with van der Waals surface area (Å²) in [5.74, 6) is 6.14. The van der Waals surface area contributed by atoms with Crippen molar-refractivity contribution in [2.75, 3.05) is 25.6 Å². The maximum Gasteiger partial charge on any atom is 0.240 e. The zero-order chi connectivity index (χ0) is 13.0. The molecular weight excluding hydrogens is 298 g/mol. The molecule has 2 rings (SSSR count). The molecule has 0 radical (unpaired) electrons. The Hall–Kier alpha value is -0.920. The number of nitrogens with one attached hydrogen (secondary N) is 1. The molecule has 0 saturated carbocycles. The van der Waals surface area contributed by atoms with E-state index in [9.17, 15) is 0 Å². The summed E-state index contributed by atoms with van der Waals surface area (Å²) in [6, 6.07) is 0.623. The molecule has 2 heterocycles. The van der Waals surface area contributed by atoms with Crippen LogP contribution >= 0.6 is 15.9 Å². The van der Waals surface area contributed by atoms with Gasteiger partial charge in [0.2, 0.25) is 11.8 Å². The van der Waals surface area contributed by atoms with Gasteiger partial charge < -0.3 is 9.64 Å². The molecule has 1 aromatic rings. The van der Waals surface area contributed by atoms with Crippen LogP contribution in [0.5, 0.6) is 5.88 Å². The smallest absolute Gasteiger partial charge is 0.240 e. The molecule has 1 aliphatic rings. The van der Waals surface area contributed by atoms with E-state index >= 15 is 0 Å². The van der Waals surface area contributed by atoms with Gasteiger partial charge in [-0.3, -0.25) is 5.43 Å². The van der Waals surface area contributed by atoms with E-state index in [1.807, 2.05) is 0 Å². The van der Waals surface area contributed by atoms with Crippen molar-refractivity contribution < 1.29 is 4.74 Å². The Morgan fingerprint density at radius 1 is 1.67 bits per heavy atom. The first kappa shape index (κ1) is 13.5. The molecular formula is C11H18BrN5O. The Morgan fingerprint density at radius 3 is 3.17 bits per heavy atom. The first-order valence-electron chi connectivity index (χ1n) is 6.03. The summed E-state index contributed by atoms with van der Waals surface area (Å²) in [5, 5.41) is 0. The molecule has 0 amide bonds. The maximum absolute atomic E-state index is 5.67. The van der Waals surface area contributed by atoms with Crippen molar-refractivity contribution in [2.24, 2.45) is 5.84 Å². The minimum atomic E-state index is 0.353. The monoisotopic (exact) mass is 315 g/mol. The Balaban J connectivity index is 1.86. The number of aromatic nitrogens is 2. The molecule has 100 valence electrons. The molecule has 1 aliphatic heterocycles. The molecule has 1 aromatic heterocycles. The summed E-state index contributed by atoms with van der Waals surface area (Å²) in [6.07, 6.45) is 5.16. The third-order valence-corrected chi connectivity index (χ3v) is 3.75. The number of likely N-dealkylation sites (tertiary alicyclic amines) is 1. The Labute approximate surface area is 115 Å². The van der Waals surface area contributed by atoms with E-state index in [2.05, 4.69) is 43.3 Å². The average Bonchev–Trinajstić information content (AvgIpc) is 2.77. The second kappa shape index (κ2) is 6.31. The number of ether oxygens (including phenoxy) is 1. The second-order valence-corrected chi connectivity index (χ2v) is 5.26. The van der Waals surface area contributed by atoms with Gasteiger partial charge in [0.1, 0.15) is 0 Å². The normalized spacial score (nSPS) is 20.1. The second-order valence-electron chi connectivity index (χ2n) is 4.40. The first-order chi connectivity index (χ1) is 8.70. The molecule has 1 unspecified atom stereocenters. The fourth-order valence-electron chi connectivity index (χ4n) is 2.16. The van der Waals surface area contributed by atoms with Gasteiger partial charge >= 0.3 is 0 Å². The fraction of sp³-hybridized carbons (Fsp3) is 0.636. The van der Waals surface area contributed by atoms with E-state index < -0.39 is 0 Å². The van der Waals surface area contributed by atoms with E-state index in [0.29, 0.717) is 24.5 Å². The summed E-state index contributed by atoms with van der Waals surface area (Å²) in [6.45, 7) is 1.83. The van der Waals surface area contributed by atoms with Crippen LogP contribution in [0.4, 0.5) is 5.95 Å². The van der Waals surface area contributed by atoms with Crippen LogP contribution in [-0.2, 0) is 0 Å². The van der Waals surface area contributed by atoms with Crippen molar-refractivity contribution in [1.82, 2.24) is 14.9 Å². The van der Waals surface area contributed by atoms with Gasteiger partial charge in [-0.1, -0.05) is 0 Å². The molecule has 18 heavy (non-hydrogen) atoms. The number of hydrogen-bond acceptors (Lipinski definition) is 6. The van der Waals surface area contributed by atoms with Gasteiger partial charge in [0, 0.05) is 6.04 Å². The summed E-state index contributed by atoms with van der Waals surface area (Å²) in [4.78, 5) is 10.5. The number of nitrogens with two attached hydrogens (primary N) is 1. The summed E-state index contributed by atoms with van der Waals surface area (Å²) >= 11 is 3.36. The van der Waals surface area contributed by atoms with Gasteiger partial charge in [0.15, 0.2) is 0 Å². The van der Waals surface area contributed by atoms with Crippen molar-refractivity contribution in [1.29, 1.82) is 0 Å². The number of anilines is 1. The molecule has 3 N–H and O–H groups in total. The molecule has 1 saturated heterocycles. The lowest BCUT2D eigenvalue weighted by Gasteiger charge is -2.19. The average molecular weight is 316 g/mol. The maximum atomic E-state index is 5.67. The van der Waals surface area contributed by atoms with Crippen LogP contribution in [0.15, 0.2) is 10.7 Å². The number of nitrogens with zero attached hydrogens (tertiary/aromatic N) is 3. The van der Waals surface area contributed by atoms with Crippen molar-refractivity contribution in [3.05, 3.63) is 10.7 Å². The fourth-order valence-corrected chi connectivity index (χ4v) is 2.46. The third kappa shape index (κ3) is 3.30. The SMILES string of the molecule is CN1CCCC1CCOc1nc(NN)ncc1Br. The lowest BCUT2D eigenvalue weighted by Crippen LogP contribution is -2.26. The molecule has 0 aliphatic carbocycles. The van der Waals surface area contributed by atoms with E-state index in [0.717, 1.165) is 10.9 Å². The summed E-state index contributed by atoms with van der Waals surface area (Å²) in [5.41, 5.74) is 2.40. The van der Waals surface area contributed by atoms with E-state index in [-0.39, 0.29) is 0 Å². The lowest BCUT2D eigenvalue weighted by atomic mass is 10.1. The highest BCUT2D eigenvalue weighted by Gasteiger charge is 2.20. The predicted octanol–water partition coefficient (Wildman–Crippen LogP) is 1.39. The van der Waals surface area contributed by atoms with Crippen LogP contribution in [0.3, 0.4) is 0 Å². The van der Waals surface area contributed by atoms with Crippen LogP contribution in [-0.4, -0.2) is 41.1 Å². The van der Waals surface area contributed by atoms with Crippen LogP contribution in [0.2, 0.25) is 0 Å². The van der Waals surface area contributed by atoms with Gasteiger partial charge in [-0.25, -0.2) is 10.8 Å². The highest BCUT2D eigenvalue weighted by molar-refractivity contribution is 9.10. The van der Waals surface area contributed by atoms with E-state index in [4.69, 9.17) is 10.6 Å². The largest absolute Gasteiger partial charge is 0.477 e. The molecule has 1 atom stereocenters. The van der Waals surface area contributed by atoms with Gasteiger partial charge in [0.25, 0.3) is 0 Å². The number of halogens is 1. The van der Waals surface area contributed by atoms with E-state index in [1.165, 1.54) is 19.4 Å². The van der Waals surface area contributed by atoms with Crippen molar-refractivity contribution in [3.8, 4) is 5.88 Å². The predicted molar refractivity (Wildman–Crippen MR) is 73.3 cm³/mol. The Kier molecular flexibility index (Phi) is 4.73. The Morgan fingerprint density at radius 2 is 2.50 bits per heavy atom. The minimum Gasteiger partial charge on any atom is -0.477 e. The first-order valence-corrected chi connectivity index (χ1v) is 6.82. The van der Waals surface area contributed by atoms with Crippen molar-refractivity contribution >= 4 is 21.9 Å². The molecule has 0 spiro atoms. The van der Waals surface area contributed by atoms with Crippen LogP contribution in [0.25, 0.3) is 0 Å². The number of nitrogen functional groups attached to an aromatic ring is 1. The van der Waals surface area contributed by atoms with Gasteiger partial charge in [-0.2, -0.15) is 4.98 Å². The van der Waals surface area contributed by atoms with Gasteiger partial charge in [-0.05, 0) is 48.8 Å². The Bertz CT molecular complexity index is 403. The van der Waals surface area contributed by atoms with Crippen molar-refractivity contribution in [2.45, 2.75) is 25.3 Å². The molecule has 6 nitrogen and oxygen atoms in total. The van der Waals surface area contributed by atoms with Crippen LogP contribution < -0.4 is 16.0 Å². The zero-order valence-electron chi connectivity index (χ0n) is 10.4. The third-order valence-electron chi connectivity index (χ3n) is 3.20. The standard InChI is InChI=1S/C11H18BrN5O/c1-17-5-2-3-8(17)4-6-18-10-9(12)7-14-11(15-10)16-13/h7-8H,2-6,13H2,1H3,(H,14,15,16). The minimum absolute atomic E-state index is 0.353. The molecule has 0 aromatic carbocycles. The quantitative estimate of drug-likeness (QED) is 0.631. The molecule has 7 heteroatoms. The molecule has 1 fully saturated rings. The zero-order valence-corrected chi connectivity index (χ0v) is 12.0. The molecule has 0 bridgehead atoms. The highest BCUT2D eigenvalue weighted by Crippen LogP contribution is 2.23. The van der Waals surface area contributed by atoms with Crippen LogP contribution in [0, 0.1) is 0 Å². The van der Waals surface area contributed by atoms with Gasteiger partial charge in [-0.15, -0.1) is 0 Å². The summed E-state index contributed by atoms with van der Waals surface area (Å²) in [7, 11) is 2.16. The lowest BCUT2D eigenvalue weighted by molar-refractivity contribution is 0.227. The number of hydrazine groups is 1. The van der Waals surface area contributed by atoms with E-state index in [1.54, 1.807) is 6.20 Å².